The highest BCUT2D eigenvalue weighted by atomic mass is 16.4. The number of fused-ring (bicyclic) bond motifs is 2. The van der Waals surface area contributed by atoms with E-state index in [1.807, 2.05) is 0 Å². The number of likely N-dealkylation sites (tertiary alicyclic amines) is 1. The predicted octanol–water partition coefficient (Wildman–Crippen LogP) is 2.39. The molecule has 3 rings (SSSR count). The van der Waals surface area contributed by atoms with Crippen LogP contribution in [0, 0.1) is 5.92 Å². The molecule has 0 aromatic carbocycles. The molecule has 0 saturated carbocycles. The van der Waals surface area contributed by atoms with E-state index in [-0.39, 0.29) is 0 Å². The van der Waals surface area contributed by atoms with Crippen molar-refractivity contribution in [3.8, 4) is 0 Å². The maximum atomic E-state index is 11.3. The van der Waals surface area contributed by atoms with Crippen LogP contribution in [0.25, 0.3) is 0 Å². The molecule has 3 aliphatic heterocycles. The Balaban J connectivity index is 1.63. The third-order valence-corrected chi connectivity index (χ3v) is 5.26. The number of amides is 1. The smallest absolute Gasteiger partial charge is 0.407 e. The van der Waals surface area contributed by atoms with Gasteiger partial charge in [-0.25, -0.2) is 4.79 Å². The van der Waals surface area contributed by atoms with Crippen LogP contribution >= 0.6 is 0 Å². The summed E-state index contributed by atoms with van der Waals surface area (Å²) in [7, 11) is 0. The van der Waals surface area contributed by atoms with Gasteiger partial charge in [0, 0.05) is 18.1 Å². The van der Waals surface area contributed by atoms with Crippen LogP contribution in [-0.4, -0.2) is 52.2 Å². The van der Waals surface area contributed by atoms with Gasteiger partial charge in [0.15, 0.2) is 0 Å². The summed E-state index contributed by atoms with van der Waals surface area (Å²) in [6, 6.07) is 1.24. The van der Waals surface area contributed by atoms with E-state index in [0.29, 0.717) is 18.1 Å². The van der Waals surface area contributed by atoms with E-state index in [0.717, 1.165) is 31.6 Å². The number of hydrogen-bond donors (Lipinski definition) is 1. The van der Waals surface area contributed by atoms with Gasteiger partial charge in [0.05, 0.1) is 0 Å². The van der Waals surface area contributed by atoms with Crippen LogP contribution in [-0.2, 0) is 0 Å². The lowest BCUT2D eigenvalue weighted by Gasteiger charge is -2.44. The molecule has 0 radical (unpaired) electrons. The van der Waals surface area contributed by atoms with Gasteiger partial charge in [0.1, 0.15) is 0 Å². The van der Waals surface area contributed by atoms with Crippen LogP contribution in [0.3, 0.4) is 0 Å². The van der Waals surface area contributed by atoms with Crippen molar-refractivity contribution in [2.75, 3.05) is 13.1 Å². The molecule has 3 atom stereocenters. The van der Waals surface area contributed by atoms with Gasteiger partial charge >= 0.3 is 6.09 Å². The van der Waals surface area contributed by atoms with Gasteiger partial charge in [0.25, 0.3) is 0 Å². The van der Waals surface area contributed by atoms with E-state index < -0.39 is 6.09 Å². The van der Waals surface area contributed by atoms with Gasteiger partial charge in [-0.1, -0.05) is 6.92 Å². The Bertz CT molecular complexity index is 312. The minimum absolute atomic E-state index is 0.297. The summed E-state index contributed by atoms with van der Waals surface area (Å²) < 4.78 is 0. The Labute approximate surface area is 109 Å². The van der Waals surface area contributed by atoms with Crippen molar-refractivity contribution in [3.63, 3.8) is 0 Å². The fourth-order valence-corrected chi connectivity index (χ4v) is 4.15. The highest BCUT2D eigenvalue weighted by molar-refractivity contribution is 5.66. The van der Waals surface area contributed by atoms with Gasteiger partial charge in [-0.3, -0.25) is 0 Å². The third kappa shape index (κ3) is 2.11. The number of carboxylic acid groups (broad SMARTS) is 1. The zero-order chi connectivity index (χ0) is 12.7. The number of piperidine rings is 2. The molecule has 3 fully saturated rings. The largest absolute Gasteiger partial charge is 0.465 e. The van der Waals surface area contributed by atoms with Crippen molar-refractivity contribution in [2.24, 2.45) is 5.92 Å². The van der Waals surface area contributed by atoms with Gasteiger partial charge in [-0.05, 0) is 57.5 Å². The molecule has 4 heteroatoms. The normalized spacial score (nSPS) is 38.1. The second-order valence-electron chi connectivity index (χ2n) is 6.42. The molecule has 4 nitrogen and oxygen atoms in total. The van der Waals surface area contributed by atoms with Crippen LogP contribution in [0.4, 0.5) is 4.79 Å². The fourth-order valence-electron chi connectivity index (χ4n) is 4.15. The molecule has 2 bridgehead atoms. The van der Waals surface area contributed by atoms with Crippen LogP contribution in [0.2, 0.25) is 0 Å². The van der Waals surface area contributed by atoms with E-state index in [1.165, 1.54) is 25.9 Å². The molecule has 2 unspecified atom stereocenters. The number of rotatable bonds is 1. The van der Waals surface area contributed by atoms with Gasteiger partial charge < -0.3 is 14.9 Å². The zero-order valence-electron chi connectivity index (χ0n) is 11.2. The van der Waals surface area contributed by atoms with Gasteiger partial charge in [0.2, 0.25) is 0 Å². The first-order chi connectivity index (χ1) is 8.65. The molecule has 3 saturated heterocycles. The van der Waals surface area contributed by atoms with Crippen molar-refractivity contribution in [3.05, 3.63) is 0 Å². The first-order valence-corrected chi connectivity index (χ1v) is 7.40. The average Bonchev–Trinajstić information content (AvgIpc) is 2.62. The zero-order valence-corrected chi connectivity index (χ0v) is 11.2. The molecular formula is C14H24N2O2. The second kappa shape index (κ2) is 4.72. The van der Waals surface area contributed by atoms with Crippen LogP contribution in [0.15, 0.2) is 0 Å². The van der Waals surface area contributed by atoms with Crippen molar-refractivity contribution >= 4 is 6.09 Å². The summed E-state index contributed by atoms with van der Waals surface area (Å²) in [5.41, 5.74) is 0. The lowest BCUT2D eigenvalue weighted by molar-refractivity contribution is 0.0433. The topological polar surface area (TPSA) is 43.8 Å². The molecule has 3 heterocycles. The molecule has 0 aromatic rings. The minimum atomic E-state index is -0.701. The van der Waals surface area contributed by atoms with E-state index in [4.69, 9.17) is 0 Å². The number of nitrogens with zero attached hydrogens (tertiary/aromatic N) is 2. The Kier molecular flexibility index (Phi) is 3.22. The van der Waals surface area contributed by atoms with E-state index in [1.54, 1.807) is 4.90 Å². The van der Waals surface area contributed by atoms with E-state index in [2.05, 4.69) is 11.8 Å². The summed E-state index contributed by atoms with van der Waals surface area (Å²) in [5.74, 6) is 0.872. The molecule has 102 valence electrons. The SMILES string of the molecule is CC1CCN(C2CC3CC[C@@H](C2)N3C(=O)O)CC1. The summed E-state index contributed by atoms with van der Waals surface area (Å²) >= 11 is 0. The monoisotopic (exact) mass is 252 g/mol. The Morgan fingerprint density at radius 1 is 1.00 bits per heavy atom. The lowest BCUT2D eigenvalue weighted by atomic mass is 9.92. The Morgan fingerprint density at radius 2 is 1.56 bits per heavy atom. The first kappa shape index (κ1) is 12.3. The molecular weight excluding hydrogens is 228 g/mol. The summed E-state index contributed by atoms with van der Waals surface area (Å²) in [6.45, 7) is 4.78. The maximum absolute atomic E-state index is 11.3. The van der Waals surface area contributed by atoms with E-state index >= 15 is 0 Å². The van der Waals surface area contributed by atoms with Crippen molar-refractivity contribution in [1.82, 2.24) is 9.80 Å². The molecule has 18 heavy (non-hydrogen) atoms. The Hall–Kier alpha value is -0.770. The van der Waals surface area contributed by atoms with Crippen molar-refractivity contribution in [2.45, 2.75) is 63.6 Å². The minimum Gasteiger partial charge on any atom is -0.465 e. The van der Waals surface area contributed by atoms with Crippen LogP contribution in [0.5, 0.6) is 0 Å². The van der Waals surface area contributed by atoms with Gasteiger partial charge in [-0.15, -0.1) is 0 Å². The molecule has 0 spiro atoms. The quantitative estimate of drug-likeness (QED) is 0.779. The fraction of sp³-hybridized carbons (Fsp3) is 0.929. The number of hydrogen-bond acceptors (Lipinski definition) is 2. The Morgan fingerprint density at radius 3 is 2.06 bits per heavy atom. The number of carbonyl (C=O) groups is 1. The van der Waals surface area contributed by atoms with E-state index in [9.17, 15) is 9.90 Å². The summed E-state index contributed by atoms with van der Waals surface area (Å²) in [5, 5.41) is 9.26. The standard InChI is InChI=1S/C14H24N2O2/c1-10-4-6-15(7-5-10)13-8-11-2-3-12(9-13)16(11)14(17)18/h10-13H,2-9H2,1H3,(H,17,18)/t11-,12?,13?/m0/s1. The molecule has 1 N–H and O–H groups in total. The summed E-state index contributed by atoms with van der Waals surface area (Å²) in [6.07, 6.45) is 6.22. The second-order valence-corrected chi connectivity index (χ2v) is 6.42. The summed E-state index contributed by atoms with van der Waals surface area (Å²) in [4.78, 5) is 15.6. The molecule has 1 amide bonds. The third-order valence-electron chi connectivity index (χ3n) is 5.26. The average molecular weight is 252 g/mol. The van der Waals surface area contributed by atoms with Crippen LogP contribution in [0.1, 0.15) is 45.4 Å². The molecule has 0 aliphatic carbocycles. The highest BCUT2D eigenvalue weighted by Crippen LogP contribution is 2.38. The van der Waals surface area contributed by atoms with Crippen molar-refractivity contribution in [1.29, 1.82) is 0 Å². The maximum Gasteiger partial charge on any atom is 0.407 e. The highest BCUT2D eigenvalue weighted by Gasteiger charge is 2.44. The molecule has 3 aliphatic rings. The molecule has 0 aromatic heterocycles. The van der Waals surface area contributed by atoms with Crippen LogP contribution < -0.4 is 0 Å². The predicted molar refractivity (Wildman–Crippen MR) is 69.7 cm³/mol. The van der Waals surface area contributed by atoms with Gasteiger partial charge in [-0.2, -0.15) is 0 Å². The van der Waals surface area contributed by atoms with Crippen molar-refractivity contribution < 1.29 is 9.90 Å². The lowest BCUT2D eigenvalue weighted by Crippen LogP contribution is -2.53. The first-order valence-electron chi connectivity index (χ1n) is 7.40.